The molecule has 0 aromatic rings. The molecule has 652 valence electrons. The third-order valence-corrected chi connectivity index (χ3v) is 12.8. The van der Waals surface area contributed by atoms with E-state index in [9.17, 15) is 60.0 Å². The van der Waals surface area contributed by atoms with Crippen molar-refractivity contribution < 1.29 is 74.2 Å². The number of ketones is 1. The highest BCUT2D eigenvalue weighted by Gasteiger charge is 2.09. The number of esters is 1. The van der Waals surface area contributed by atoms with Gasteiger partial charge in [0.25, 0.3) is 36.7 Å². The summed E-state index contributed by atoms with van der Waals surface area (Å²) in [6, 6.07) is -0.227. The quantitative estimate of drug-likeness (QED) is 0.0856. The molecule has 0 aromatic carbocycles. The molecule has 0 bridgehead atoms. The molecule has 36 nitrogen and oxygen atoms in total. The lowest BCUT2D eigenvalue weighted by atomic mass is 10.4. The molecule has 0 saturated carbocycles. The highest BCUT2D eigenvalue weighted by atomic mass is 32.2. The summed E-state index contributed by atoms with van der Waals surface area (Å²) in [5, 5.41) is 36.9. The van der Waals surface area contributed by atoms with Crippen LogP contribution in [0.25, 0.3) is 0 Å². The van der Waals surface area contributed by atoms with Gasteiger partial charge in [0, 0.05) is 176 Å². The molecule has 0 aliphatic heterocycles. The first kappa shape index (κ1) is 188. The van der Waals surface area contributed by atoms with Crippen LogP contribution in [0.15, 0.2) is 0 Å². The Morgan fingerprint density at radius 1 is 0.375 bits per heavy atom. The number of ether oxygens (including phenoxy) is 3. The number of alkyl carbamates (subject to hydrolysis) is 1. The van der Waals surface area contributed by atoms with Gasteiger partial charge in [-0.3, -0.25) is 24.0 Å². The monoisotopic (exact) mass is 1700 g/mol. The minimum atomic E-state index is -3.16. The van der Waals surface area contributed by atoms with Gasteiger partial charge in [-0.15, -0.1) is 11.8 Å². The third kappa shape index (κ3) is 218. The Bertz CT molecular complexity index is 1920. The van der Waals surface area contributed by atoms with E-state index in [2.05, 4.69) is 139 Å². The molecule has 0 aliphatic carbocycles. The number of carbonyl (C=O) groups excluding carboxylic acids is 9. The molecular formula is C59H166N20O16S9. The molecule has 0 spiro atoms. The predicted octanol–water partition coefficient (Wildman–Crippen LogP) is 5.97. The zero-order valence-corrected chi connectivity index (χ0v) is 65.4. The number of thioether (sulfide) groups is 2. The Balaban J connectivity index is -0.0000000228. The Morgan fingerprint density at radius 2 is 0.712 bits per heavy atom. The van der Waals surface area contributed by atoms with Crippen molar-refractivity contribution in [2.24, 2.45) is 0 Å². The molecular weight excluding hydrogens is 1530 g/mol. The van der Waals surface area contributed by atoms with Gasteiger partial charge in [0.1, 0.15) is 4.32 Å². The van der Waals surface area contributed by atoms with Crippen LogP contribution in [0.2, 0.25) is 0 Å². The van der Waals surface area contributed by atoms with E-state index in [1.165, 1.54) is 101 Å². The van der Waals surface area contributed by atoms with Crippen LogP contribution in [-0.4, -0.2) is 304 Å². The maximum atomic E-state index is 10.5. The molecule has 0 fully saturated rings. The average molecular weight is 1700 g/mol. The Kier molecular flexibility index (Phi) is 259. The van der Waals surface area contributed by atoms with Gasteiger partial charge >= 0.3 is 30.0 Å². The van der Waals surface area contributed by atoms with Crippen LogP contribution in [0.1, 0.15) is 125 Å². The second-order valence-corrected chi connectivity index (χ2v) is 21.7. The number of nitrogens with one attached hydrogen (secondary N) is 17. The second kappa shape index (κ2) is 143. The number of urea groups is 2. The largest absolute Gasteiger partial charge is 0.474 e. The summed E-state index contributed by atoms with van der Waals surface area (Å²) in [4.78, 5) is 94.3. The fourth-order valence-corrected chi connectivity index (χ4v) is 2.74. The Labute approximate surface area is 675 Å². The molecule has 0 aromatic heterocycles. The van der Waals surface area contributed by atoms with Crippen LogP contribution in [0.3, 0.4) is 0 Å². The predicted molar refractivity (Wildman–Crippen MR) is 482 cm³/mol. The van der Waals surface area contributed by atoms with Crippen LogP contribution in [0.4, 0.5) is 19.2 Å². The van der Waals surface area contributed by atoms with Crippen LogP contribution in [0.5, 0.6) is 0 Å². The van der Waals surface area contributed by atoms with Gasteiger partial charge in [0.15, 0.2) is 10.2 Å². The molecule has 9 amide bonds. The minimum absolute atomic E-state index is 0. The highest BCUT2D eigenvalue weighted by Crippen LogP contribution is 1.90. The van der Waals surface area contributed by atoms with E-state index >= 15 is 0 Å². The second-order valence-electron chi connectivity index (χ2n) is 13.7. The number of methoxy groups -OCH3 is 3. The molecule has 0 aliphatic rings. The van der Waals surface area contributed by atoms with E-state index in [1.807, 2.05) is 53.3 Å². The van der Waals surface area contributed by atoms with Crippen molar-refractivity contribution in [1.29, 1.82) is 0 Å². The number of hydrogen-bond donors (Lipinski definition) is 17. The SMILES string of the molecule is C.C.C.C.C.C.C.C.C.C.C.C.C.C.CNC(=O)C(=O)OC.CNC(=O)C(C)=O.CNC(=O)N(C)C.CNC(=O)NC.CNC(=O)OC.CNC(=O)SC.CNC(=S)N(C)C.CNC(=S)NC.CNC(=S)OC.CNC(=S)SC.CNC(C)=O.CNC(C)=S.CNS(=O)(=O)N(C)C.CNS(=O)(=O)NC. The summed E-state index contributed by atoms with van der Waals surface area (Å²) in [6.45, 7) is 4.54. The number of thiocarbonyl (C=S) groups is 5. The van der Waals surface area contributed by atoms with Crippen LogP contribution in [-0.2, 0) is 58.6 Å². The maximum absolute atomic E-state index is 10.5. The molecule has 0 atom stereocenters. The minimum Gasteiger partial charge on any atom is -0.474 e. The summed E-state index contributed by atoms with van der Waals surface area (Å²) >= 11 is 26.0. The van der Waals surface area contributed by atoms with Gasteiger partial charge < -0.3 is 98.4 Å². The van der Waals surface area contributed by atoms with E-state index in [4.69, 9.17) is 24.4 Å². The zero-order valence-electron chi connectivity index (χ0n) is 58.0. The van der Waals surface area contributed by atoms with Crippen molar-refractivity contribution >= 4 is 183 Å². The van der Waals surface area contributed by atoms with Gasteiger partial charge in [-0.05, 0) is 56.1 Å². The number of amides is 9. The normalized spacial score (nSPS) is 7.08. The standard InChI is InChI=1S/C4H10N2O.C4H10N2S.C4H7NO3.C4H7NO2.C3H10N2O2S.C3H8N2O.C3H8N2S.C3H7NO2.2C3H7NOS.C3H7NO.C3H7NS2.C3H7NS.C2H8N2O2S.14CH4/c2*1-5-4(7)6(2)3;1-5-3(6)4(7)8-2;1-3(6)4(7)5-2;1-4-8(6,7)5(2)3;2*1-4-3(6)5-2;2*1-4-3(5)6-2;1-4-3(6)5-2;1-3(5)4-2;1-4-3(5)6-2;1-3(5)4-2;1-3-7(5,6)4-2;;;;;;;;;;;;;;/h2*1-3H3,(H,5,7);1-2H3,(H,5,6);1-2H3,(H,5,7);4H,1-3H3;2*1-2H3,(H2,4,5,6);2*1-2H3,(H,4,5);1-2H3,(H,4,6);1-2H3,(H,4,5);1-2H3,(H,4,5);1-2H3,(H,4,5);3-4H,1-2H3;14*1H4. The summed E-state index contributed by atoms with van der Waals surface area (Å²) in [5.74, 6) is -2.59. The van der Waals surface area contributed by atoms with Crippen LogP contribution in [0, 0.1) is 0 Å². The Morgan fingerprint density at radius 3 is 0.721 bits per heavy atom. The third-order valence-electron chi connectivity index (χ3n) is 6.83. The van der Waals surface area contributed by atoms with E-state index in [0.717, 1.165) is 25.8 Å². The molecule has 45 heteroatoms. The average Bonchev–Trinajstić information content (AvgIpc) is 0.934. The van der Waals surface area contributed by atoms with Crippen molar-refractivity contribution in [3.63, 3.8) is 0 Å². The van der Waals surface area contributed by atoms with Gasteiger partial charge in [-0.25, -0.2) is 33.3 Å². The van der Waals surface area contributed by atoms with Crippen molar-refractivity contribution in [1.82, 2.24) is 103 Å². The molecule has 0 heterocycles. The molecule has 0 saturated heterocycles. The molecule has 0 rings (SSSR count). The fraction of sp³-hybridized carbons (Fsp3) is 0.763. The van der Waals surface area contributed by atoms with Crippen molar-refractivity contribution in [3.05, 3.63) is 0 Å². The number of hydrogen-bond acceptors (Lipinski definition) is 23. The fourth-order valence-electron chi connectivity index (χ4n) is 1.76. The van der Waals surface area contributed by atoms with Crippen molar-refractivity contribution in [3.8, 4) is 0 Å². The number of likely N-dealkylation sites (N-methyl/N-ethyl adjacent to an activating group) is 2. The first-order valence-corrected chi connectivity index (χ1v) is 31.9. The van der Waals surface area contributed by atoms with Crippen LogP contribution < -0.4 is 88.6 Å². The Hall–Kier alpha value is -5.88. The maximum Gasteiger partial charge on any atom is 0.406 e. The first-order valence-electron chi connectivity index (χ1n) is 24.5. The number of rotatable bonds is 5. The molecule has 104 heavy (non-hydrogen) atoms. The van der Waals surface area contributed by atoms with Crippen molar-refractivity contribution in [2.45, 2.75) is 125 Å². The lowest BCUT2D eigenvalue weighted by Gasteiger charge is -2.11. The van der Waals surface area contributed by atoms with E-state index in [0.29, 0.717) is 10.3 Å². The highest BCUT2D eigenvalue weighted by molar-refractivity contribution is 8.22. The summed E-state index contributed by atoms with van der Waals surface area (Å²) < 4.78 is 62.2. The van der Waals surface area contributed by atoms with Crippen LogP contribution >= 0.6 is 84.6 Å². The summed E-state index contributed by atoms with van der Waals surface area (Å²) in [6.07, 6.45) is 3.27. The summed E-state index contributed by atoms with van der Waals surface area (Å²) in [7, 11) is 34.8. The number of carbonyl (C=O) groups is 9. The summed E-state index contributed by atoms with van der Waals surface area (Å²) in [5.41, 5.74) is 0. The van der Waals surface area contributed by atoms with Gasteiger partial charge in [-0.2, -0.15) is 21.1 Å². The smallest absolute Gasteiger partial charge is 0.406 e. The molecule has 0 radical (unpaired) electrons. The van der Waals surface area contributed by atoms with Gasteiger partial charge in [0.05, 0.1) is 26.3 Å². The van der Waals surface area contributed by atoms with E-state index in [-0.39, 0.29) is 127 Å². The number of Topliss-reactive ketones (excluding diaryl/α,β-unsaturated/α-hetero) is 1. The van der Waals surface area contributed by atoms with Gasteiger partial charge in [-0.1, -0.05) is 140 Å². The topological polar surface area (TPSA) is 464 Å². The molecule has 0 unspecified atom stereocenters. The first-order chi connectivity index (χ1) is 41.3. The van der Waals surface area contributed by atoms with E-state index < -0.39 is 50.1 Å². The lowest BCUT2D eigenvalue weighted by molar-refractivity contribution is -0.152. The number of nitrogens with zero attached hydrogens (tertiary/aromatic N) is 3. The van der Waals surface area contributed by atoms with Gasteiger partial charge in [0.2, 0.25) is 11.7 Å². The van der Waals surface area contributed by atoms with E-state index in [1.54, 1.807) is 88.5 Å². The zero-order chi connectivity index (χ0) is 75.4. The van der Waals surface area contributed by atoms with Crippen molar-refractivity contribution in [2.75, 3.05) is 196 Å². The molecule has 17 N–H and O–H groups in total. The lowest BCUT2D eigenvalue weighted by Crippen LogP contribution is -2.32.